The van der Waals surface area contributed by atoms with Crippen LogP contribution >= 0.6 is 24.0 Å². The maximum Gasteiger partial charge on any atom is 0.188 e. The Morgan fingerprint density at radius 2 is 2.08 bits per heavy atom. The standard InChI is InChI=1S/C18H32N6.HI/c1-18(2,3)22-17(19)20-12-13-6-5-11-24(14-7-8-14)16(13)15-9-10-21-23(15)4;/h9-10,13-14,16H,5-8,11-12H2,1-4H3,(H3,19,20,22);1H/t13-,16+;/m0./s1. The molecule has 1 aliphatic heterocycles. The van der Waals surface area contributed by atoms with Crippen molar-refractivity contribution in [3.63, 3.8) is 0 Å². The number of likely N-dealkylation sites (tertiary alicyclic amines) is 1. The minimum atomic E-state index is -0.0539. The lowest BCUT2D eigenvalue weighted by Crippen LogP contribution is -2.46. The van der Waals surface area contributed by atoms with E-state index in [-0.39, 0.29) is 29.5 Å². The summed E-state index contributed by atoms with van der Waals surface area (Å²) in [5.74, 6) is 1.05. The Morgan fingerprint density at radius 3 is 2.64 bits per heavy atom. The normalized spacial score (nSPS) is 25.5. The third-order valence-electron chi connectivity index (χ3n) is 4.97. The predicted molar refractivity (Wildman–Crippen MR) is 113 cm³/mol. The molecule has 25 heavy (non-hydrogen) atoms. The fourth-order valence-corrected chi connectivity index (χ4v) is 3.84. The molecule has 0 amide bonds. The second-order valence-corrected chi connectivity index (χ2v) is 8.30. The Morgan fingerprint density at radius 1 is 1.36 bits per heavy atom. The SMILES string of the molecule is Cn1nccc1[C@H]1[C@H](CN=C(N)NC(C)(C)C)CCCN1C1CC1.I. The van der Waals surface area contributed by atoms with Crippen molar-refractivity contribution >= 4 is 29.9 Å². The van der Waals surface area contributed by atoms with Crippen molar-refractivity contribution in [1.82, 2.24) is 20.0 Å². The summed E-state index contributed by atoms with van der Waals surface area (Å²) in [6.07, 6.45) is 7.02. The Labute approximate surface area is 168 Å². The number of hydrogen-bond acceptors (Lipinski definition) is 3. The topological polar surface area (TPSA) is 71.5 Å². The number of aromatic nitrogens is 2. The molecule has 2 fully saturated rings. The number of rotatable bonds is 4. The van der Waals surface area contributed by atoms with Crippen LogP contribution in [0.1, 0.15) is 58.2 Å². The molecule has 1 aliphatic carbocycles. The number of guanidine groups is 1. The van der Waals surface area contributed by atoms with Gasteiger partial charge < -0.3 is 11.1 Å². The summed E-state index contributed by atoms with van der Waals surface area (Å²) >= 11 is 0. The molecule has 0 unspecified atom stereocenters. The molecule has 1 aromatic rings. The van der Waals surface area contributed by atoms with E-state index in [4.69, 9.17) is 5.73 Å². The zero-order valence-electron chi connectivity index (χ0n) is 15.9. The molecule has 2 atom stereocenters. The Kier molecular flexibility index (Phi) is 6.75. The molecule has 0 radical (unpaired) electrons. The van der Waals surface area contributed by atoms with Gasteiger partial charge in [0.15, 0.2) is 5.96 Å². The van der Waals surface area contributed by atoms with E-state index in [9.17, 15) is 0 Å². The van der Waals surface area contributed by atoms with E-state index in [1.807, 2.05) is 17.9 Å². The molecule has 142 valence electrons. The van der Waals surface area contributed by atoms with Gasteiger partial charge in [0, 0.05) is 31.4 Å². The second-order valence-electron chi connectivity index (χ2n) is 8.30. The number of piperidine rings is 1. The summed E-state index contributed by atoms with van der Waals surface area (Å²) in [5, 5.41) is 7.66. The quantitative estimate of drug-likeness (QED) is 0.412. The highest BCUT2D eigenvalue weighted by atomic mass is 127. The molecule has 3 rings (SSSR count). The molecule has 1 saturated heterocycles. The van der Waals surface area contributed by atoms with Crippen molar-refractivity contribution in [1.29, 1.82) is 0 Å². The number of nitrogens with two attached hydrogens (primary N) is 1. The third-order valence-corrected chi connectivity index (χ3v) is 4.97. The van der Waals surface area contributed by atoms with Crippen molar-refractivity contribution in [2.75, 3.05) is 13.1 Å². The summed E-state index contributed by atoms with van der Waals surface area (Å²) in [6, 6.07) is 3.32. The summed E-state index contributed by atoms with van der Waals surface area (Å²) in [6.45, 7) is 8.26. The van der Waals surface area contributed by atoms with E-state index in [1.165, 1.54) is 37.9 Å². The van der Waals surface area contributed by atoms with Gasteiger partial charge in [-0.3, -0.25) is 14.6 Å². The maximum atomic E-state index is 6.09. The van der Waals surface area contributed by atoms with E-state index in [0.29, 0.717) is 17.9 Å². The number of halogens is 1. The minimum Gasteiger partial charge on any atom is -0.370 e. The Balaban J connectivity index is 0.00000225. The lowest BCUT2D eigenvalue weighted by Gasteiger charge is -2.41. The zero-order valence-corrected chi connectivity index (χ0v) is 18.2. The van der Waals surface area contributed by atoms with E-state index in [0.717, 1.165) is 12.6 Å². The highest BCUT2D eigenvalue weighted by molar-refractivity contribution is 14.0. The van der Waals surface area contributed by atoms with Gasteiger partial charge in [0.1, 0.15) is 0 Å². The molecule has 0 bridgehead atoms. The summed E-state index contributed by atoms with van der Waals surface area (Å²) in [5.41, 5.74) is 7.34. The van der Waals surface area contributed by atoms with Crippen LogP contribution in [0.2, 0.25) is 0 Å². The Bertz CT molecular complexity index is 587. The number of nitrogens with one attached hydrogen (secondary N) is 1. The zero-order chi connectivity index (χ0) is 17.3. The van der Waals surface area contributed by atoms with Gasteiger partial charge in [0.25, 0.3) is 0 Å². The molecule has 0 spiro atoms. The van der Waals surface area contributed by atoms with Crippen molar-refractivity contribution in [2.45, 2.75) is 64.1 Å². The van der Waals surface area contributed by atoms with Crippen LogP contribution < -0.4 is 11.1 Å². The van der Waals surface area contributed by atoms with Crippen molar-refractivity contribution in [3.8, 4) is 0 Å². The molecule has 6 nitrogen and oxygen atoms in total. The van der Waals surface area contributed by atoms with E-state index < -0.39 is 0 Å². The van der Waals surface area contributed by atoms with Crippen LogP contribution in [0.5, 0.6) is 0 Å². The van der Waals surface area contributed by atoms with Gasteiger partial charge in [-0.2, -0.15) is 5.10 Å². The first-order valence-electron chi connectivity index (χ1n) is 9.17. The Hall–Kier alpha value is -0.830. The molecule has 7 heteroatoms. The highest BCUT2D eigenvalue weighted by Gasteiger charge is 2.41. The molecule has 2 heterocycles. The highest BCUT2D eigenvalue weighted by Crippen LogP contribution is 2.42. The number of hydrogen-bond donors (Lipinski definition) is 2. The van der Waals surface area contributed by atoms with Gasteiger partial charge in [-0.1, -0.05) is 0 Å². The lowest BCUT2D eigenvalue weighted by molar-refractivity contribution is 0.0824. The molecule has 2 aliphatic rings. The molecular formula is C18H33IN6. The first-order valence-corrected chi connectivity index (χ1v) is 9.17. The molecule has 3 N–H and O–H groups in total. The van der Waals surface area contributed by atoms with Gasteiger partial charge in [0.05, 0.1) is 11.7 Å². The van der Waals surface area contributed by atoms with E-state index >= 15 is 0 Å². The average Bonchev–Trinajstić information content (AvgIpc) is 3.25. The lowest BCUT2D eigenvalue weighted by atomic mass is 9.86. The summed E-state index contributed by atoms with van der Waals surface area (Å²) in [7, 11) is 2.05. The van der Waals surface area contributed by atoms with Crippen molar-refractivity contribution in [2.24, 2.45) is 23.7 Å². The van der Waals surface area contributed by atoms with Gasteiger partial charge >= 0.3 is 0 Å². The van der Waals surface area contributed by atoms with E-state index in [2.05, 4.69) is 47.1 Å². The average molecular weight is 460 g/mol. The predicted octanol–water partition coefficient (Wildman–Crippen LogP) is 2.66. The van der Waals surface area contributed by atoms with Gasteiger partial charge in [-0.15, -0.1) is 24.0 Å². The van der Waals surface area contributed by atoms with Crippen LogP contribution in [0.3, 0.4) is 0 Å². The molecule has 0 aromatic carbocycles. The number of nitrogens with zero attached hydrogens (tertiary/aromatic N) is 4. The minimum absolute atomic E-state index is 0. The molecule has 1 saturated carbocycles. The second kappa shape index (κ2) is 8.24. The fourth-order valence-electron chi connectivity index (χ4n) is 3.84. The van der Waals surface area contributed by atoms with Crippen LogP contribution in [0, 0.1) is 5.92 Å². The third kappa shape index (κ3) is 5.32. The largest absolute Gasteiger partial charge is 0.370 e. The van der Waals surface area contributed by atoms with Crippen LogP contribution in [-0.4, -0.2) is 45.3 Å². The number of aliphatic imine (C=N–C) groups is 1. The molecule has 1 aromatic heterocycles. The first-order chi connectivity index (χ1) is 11.3. The first kappa shape index (κ1) is 20.5. The summed E-state index contributed by atoms with van der Waals surface area (Å²) < 4.78 is 2.03. The smallest absolute Gasteiger partial charge is 0.188 e. The summed E-state index contributed by atoms with van der Waals surface area (Å²) in [4.78, 5) is 7.35. The molecular weight excluding hydrogens is 427 g/mol. The number of aryl methyl sites for hydroxylation is 1. The monoisotopic (exact) mass is 460 g/mol. The van der Waals surface area contributed by atoms with Gasteiger partial charge in [0.2, 0.25) is 0 Å². The van der Waals surface area contributed by atoms with E-state index in [1.54, 1.807) is 0 Å². The fraction of sp³-hybridized carbons (Fsp3) is 0.778. The van der Waals surface area contributed by atoms with Crippen LogP contribution in [0.25, 0.3) is 0 Å². The maximum absolute atomic E-state index is 6.09. The van der Waals surface area contributed by atoms with Crippen molar-refractivity contribution in [3.05, 3.63) is 18.0 Å². The van der Waals surface area contributed by atoms with Crippen LogP contribution in [-0.2, 0) is 7.05 Å². The van der Waals surface area contributed by atoms with Crippen LogP contribution in [0.4, 0.5) is 0 Å². The van der Waals surface area contributed by atoms with Gasteiger partial charge in [-0.05, 0) is 65.0 Å². The van der Waals surface area contributed by atoms with Gasteiger partial charge in [-0.25, -0.2) is 0 Å². The van der Waals surface area contributed by atoms with Crippen LogP contribution in [0.15, 0.2) is 17.3 Å². The van der Waals surface area contributed by atoms with Crippen molar-refractivity contribution < 1.29 is 0 Å².